The van der Waals surface area contributed by atoms with Gasteiger partial charge in [0.25, 0.3) is 0 Å². The second-order valence-corrected chi connectivity index (χ2v) is 7.13. The second-order valence-electron chi connectivity index (χ2n) is 6.09. The first-order chi connectivity index (χ1) is 12.6. The van der Waals surface area contributed by atoms with Crippen LogP contribution in [0.1, 0.15) is 23.4 Å². The van der Waals surface area contributed by atoms with Crippen molar-refractivity contribution in [2.75, 3.05) is 5.32 Å². The lowest BCUT2D eigenvalue weighted by Crippen LogP contribution is -2.12. The number of nitrogens with zero attached hydrogens (tertiary/aromatic N) is 2. The van der Waals surface area contributed by atoms with Crippen LogP contribution in [-0.2, 0) is 11.2 Å². The molecule has 5 heteroatoms. The fourth-order valence-corrected chi connectivity index (χ4v) is 3.44. The molecule has 1 heterocycles. The standard InChI is InChI=1S/C21H21N3OS/c1-15-14-16(2)23-21(22-15)26-19-11-9-18(10-12-19)24-20(25)13-8-17-6-4-3-5-7-17/h3-7,9-12,14H,8,13H2,1-2H3,(H,24,25). The van der Waals surface area contributed by atoms with Crippen molar-refractivity contribution in [2.45, 2.75) is 36.7 Å². The average Bonchev–Trinajstić information content (AvgIpc) is 2.62. The van der Waals surface area contributed by atoms with Crippen molar-refractivity contribution in [3.05, 3.63) is 77.6 Å². The van der Waals surface area contributed by atoms with Gasteiger partial charge >= 0.3 is 0 Å². The first-order valence-electron chi connectivity index (χ1n) is 8.52. The predicted octanol–water partition coefficient (Wildman–Crippen LogP) is 4.82. The summed E-state index contributed by atoms with van der Waals surface area (Å²) >= 11 is 1.52. The van der Waals surface area contributed by atoms with E-state index in [9.17, 15) is 4.79 Å². The van der Waals surface area contributed by atoms with E-state index in [0.29, 0.717) is 6.42 Å². The van der Waals surface area contributed by atoms with Gasteiger partial charge < -0.3 is 5.32 Å². The summed E-state index contributed by atoms with van der Waals surface area (Å²) in [5, 5.41) is 3.68. The van der Waals surface area contributed by atoms with E-state index in [1.807, 2.05) is 74.5 Å². The fraction of sp³-hybridized carbons (Fsp3) is 0.190. The lowest BCUT2D eigenvalue weighted by atomic mass is 10.1. The van der Waals surface area contributed by atoms with Gasteiger partial charge in [-0.1, -0.05) is 30.3 Å². The molecule has 0 spiro atoms. The van der Waals surface area contributed by atoms with Crippen LogP contribution in [-0.4, -0.2) is 15.9 Å². The molecule has 0 aliphatic carbocycles. The molecule has 0 atom stereocenters. The van der Waals surface area contributed by atoms with Crippen LogP contribution < -0.4 is 5.32 Å². The molecule has 0 saturated carbocycles. The molecule has 0 aliphatic rings. The zero-order valence-corrected chi connectivity index (χ0v) is 15.7. The molecule has 2 aromatic carbocycles. The lowest BCUT2D eigenvalue weighted by Gasteiger charge is -2.07. The van der Waals surface area contributed by atoms with E-state index in [1.54, 1.807) is 0 Å². The lowest BCUT2D eigenvalue weighted by molar-refractivity contribution is -0.116. The van der Waals surface area contributed by atoms with Crippen LogP contribution in [0.15, 0.2) is 70.7 Å². The van der Waals surface area contributed by atoms with E-state index in [4.69, 9.17) is 0 Å². The monoisotopic (exact) mass is 363 g/mol. The van der Waals surface area contributed by atoms with Crippen LogP contribution in [0.5, 0.6) is 0 Å². The third-order valence-electron chi connectivity index (χ3n) is 3.79. The highest BCUT2D eigenvalue weighted by Gasteiger charge is 2.05. The Balaban J connectivity index is 1.54. The molecule has 0 radical (unpaired) electrons. The minimum atomic E-state index is 0.0203. The number of anilines is 1. The smallest absolute Gasteiger partial charge is 0.224 e. The summed E-state index contributed by atoms with van der Waals surface area (Å²) in [5.41, 5.74) is 3.89. The number of amides is 1. The van der Waals surface area contributed by atoms with Crippen LogP contribution in [0.25, 0.3) is 0 Å². The molecule has 1 aromatic heterocycles. The number of rotatable bonds is 6. The van der Waals surface area contributed by atoms with Crippen LogP contribution in [0.4, 0.5) is 5.69 Å². The van der Waals surface area contributed by atoms with Crippen LogP contribution in [0.2, 0.25) is 0 Å². The van der Waals surface area contributed by atoms with Crippen molar-refractivity contribution in [3.63, 3.8) is 0 Å². The predicted molar refractivity (Wildman–Crippen MR) is 105 cm³/mol. The summed E-state index contributed by atoms with van der Waals surface area (Å²) in [6, 6.07) is 19.7. The molecule has 3 rings (SSSR count). The maximum absolute atomic E-state index is 12.1. The Morgan fingerprint density at radius 2 is 1.62 bits per heavy atom. The molecule has 132 valence electrons. The zero-order valence-electron chi connectivity index (χ0n) is 14.9. The van der Waals surface area contributed by atoms with Gasteiger partial charge in [0.15, 0.2) is 5.16 Å². The van der Waals surface area contributed by atoms with E-state index >= 15 is 0 Å². The molecule has 0 unspecified atom stereocenters. The Labute approximate surface area is 158 Å². The van der Waals surface area contributed by atoms with Gasteiger partial charge in [0, 0.05) is 28.4 Å². The number of hydrogen-bond donors (Lipinski definition) is 1. The second kappa shape index (κ2) is 8.63. The molecule has 4 nitrogen and oxygen atoms in total. The fourth-order valence-electron chi connectivity index (χ4n) is 2.58. The maximum Gasteiger partial charge on any atom is 0.224 e. The minimum Gasteiger partial charge on any atom is -0.326 e. The number of aryl methyl sites for hydroxylation is 3. The molecule has 0 aliphatic heterocycles. The largest absolute Gasteiger partial charge is 0.326 e. The van der Waals surface area contributed by atoms with Crippen molar-refractivity contribution >= 4 is 23.4 Å². The number of aromatic nitrogens is 2. The van der Waals surface area contributed by atoms with Crippen LogP contribution in [0.3, 0.4) is 0 Å². The van der Waals surface area contributed by atoms with Crippen molar-refractivity contribution in [1.29, 1.82) is 0 Å². The molecule has 0 bridgehead atoms. The zero-order chi connectivity index (χ0) is 18.4. The van der Waals surface area contributed by atoms with Gasteiger partial charge in [0.2, 0.25) is 5.91 Å². The van der Waals surface area contributed by atoms with E-state index in [-0.39, 0.29) is 5.91 Å². The Morgan fingerprint density at radius 3 is 2.27 bits per heavy atom. The summed E-state index contributed by atoms with van der Waals surface area (Å²) in [7, 11) is 0. The summed E-state index contributed by atoms with van der Waals surface area (Å²) in [5.74, 6) is 0.0203. The van der Waals surface area contributed by atoms with Gasteiger partial charge in [-0.3, -0.25) is 4.79 Å². The topological polar surface area (TPSA) is 54.9 Å². The van der Waals surface area contributed by atoms with Gasteiger partial charge in [0.05, 0.1) is 0 Å². The maximum atomic E-state index is 12.1. The Hall–Kier alpha value is -2.66. The van der Waals surface area contributed by atoms with E-state index < -0.39 is 0 Å². The Kier molecular flexibility index (Phi) is 6.02. The first kappa shape index (κ1) is 18.1. The summed E-state index contributed by atoms with van der Waals surface area (Å²) < 4.78 is 0. The number of carbonyl (C=O) groups excluding carboxylic acids is 1. The van der Waals surface area contributed by atoms with Gasteiger partial charge in [-0.05, 0) is 67.9 Å². The van der Waals surface area contributed by atoms with Crippen molar-refractivity contribution in [2.24, 2.45) is 0 Å². The molecule has 1 amide bonds. The summed E-state index contributed by atoms with van der Waals surface area (Å²) in [4.78, 5) is 22.0. The molecule has 0 fully saturated rings. The van der Waals surface area contributed by atoms with E-state index in [0.717, 1.165) is 33.5 Å². The Bertz CT molecular complexity index is 859. The van der Waals surface area contributed by atoms with Gasteiger partial charge in [-0.15, -0.1) is 0 Å². The van der Waals surface area contributed by atoms with Gasteiger partial charge in [-0.25, -0.2) is 9.97 Å². The molecule has 0 saturated heterocycles. The number of carbonyl (C=O) groups is 1. The number of hydrogen-bond acceptors (Lipinski definition) is 4. The molecule has 26 heavy (non-hydrogen) atoms. The van der Waals surface area contributed by atoms with Gasteiger partial charge in [0.1, 0.15) is 0 Å². The van der Waals surface area contributed by atoms with Crippen molar-refractivity contribution in [1.82, 2.24) is 9.97 Å². The van der Waals surface area contributed by atoms with E-state index in [1.165, 1.54) is 17.3 Å². The quantitative estimate of drug-likeness (QED) is 0.638. The van der Waals surface area contributed by atoms with Gasteiger partial charge in [-0.2, -0.15) is 0 Å². The molecular formula is C21H21N3OS. The van der Waals surface area contributed by atoms with Crippen molar-refractivity contribution < 1.29 is 4.79 Å². The average molecular weight is 363 g/mol. The van der Waals surface area contributed by atoms with Crippen molar-refractivity contribution in [3.8, 4) is 0 Å². The third-order valence-corrected chi connectivity index (χ3v) is 4.67. The normalized spacial score (nSPS) is 10.5. The van der Waals surface area contributed by atoms with E-state index in [2.05, 4.69) is 15.3 Å². The van der Waals surface area contributed by atoms with Crippen LogP contribution in [0, 0.1) is 13.8 Å². The SMILES string of the molecule is Cc1cc(C)nc(Sc2ccc(NC(=O)CCc3ccccc3)cc2)n1. The first-order valence-corrected chi connectivity index (χ1v) is 9.34. The number of nitrogens with one attached hydrogen (secondary N) is 1. The minimum absolute atomic E-state index is 0.0203. The summed E-state index contributed by atoms with van der Waals surface area (Å²) in [6.45, 7) is 3.93. The molecule has 3 aromatic rings. The highest BCUT2D eigenvalue weighted by molar-refractivity contribution is 7.99. The molecular weight excluding hydrogens is 342 g/mol. The highest BCUT2D eigenvalue weighted by Crippen LogP contribution is 2.26. The molecule has 1 N–H and O–H groups in total. The Morgan fingerprint density at radius 1 is 0.962 bits per heavy atom. The third kappa shape index (κ3) is 5.43. The highest BCUT2D eigenvalue weighted by atomic mass is 32.2. The number of benzene rings is 2. The van der Waals surface area contributed by atoms with Crippen LogP contribution >= 0.6 is 11.8 Å². The summed E-state index contributed by atoms with van der Waals surface area (Å²) in [6.07, 6.45) is 1.21.